The maximum absolute atomic E-state index is 12.6. The van der Waals surface area contributed by atoms with Crippen molar-refractivity contribution in [2.24, 2.45) is 23.5 Å². The lowest BCUT2D eigenvalue weighted by molar-refractivity contribution is -0.304. The van der Waals surface area contributed by atoms with Crippen LogP contribution >= 0.6 is 0 Å². The first-order chi connectivity index (χ1) is 30.2. The summed E-state index contributed by atoms with van der Waals surface area (Å²) >= 11 is 0. The summed E-state index contributed by atoms with van der Waals surface area (Å²) in [4.78, 5) is 25.1. The van der Waals surface area contributed by atoms with E-state index in [1.54, 1.807) is 63.3 Å². The summed E-state index contributed by atoms with van der Waals surface area (Å²) in [5, 5.41) is 107. The van der Waals surface area contributed by atoms with Gasteiger partial charge in [-0.05, 0) is 33.1 Å². The summed E-state index contributed by atoms with van der Waals surface area (Å²) in [6.07, 6.45) is 7.24. The third-order valence-electron chi connectivity index (χ3n) is 11.9. The van der Waals surface area contributed by atoms with Gasteiger partial charge in [-0.15, -0.1) is 0 Å². The highest BCUT2D eigenvalue weighted by molar-refractivity contribution is 5.71. The summed E-state index contributed by atoms with van der Waals surface area (Å²) in [6.45, 7) is 6.87. The molecule has 64 heavy (non-hydrogen) atoms. The molecule has 0 aliphatic carbocycles. The summed E-state index contributed by atoms with van der Waals surface area (Å²) in [5.74, 6) is -6.62. The Morgan fingerprint density at radius 3 is 1.83 bits per heavy atom. The normalized spacial score (nSPS) is 44.8. The molecule has 18 atom stereocenters. The van der Waals surface area contributed by atoms with Crippen molar-refractivity contribution in [1.82, 2.24) is 0 Å². The average Bonchev–Trinajstić information content (AvgIpc) is 3.19. The lowest BCUT2D eigenvalue weighted by Gasteiger charge is -2.45. The number of nitrogens with two attached hydrogens (primary N) is 1. The number of hydrogen-bond acceptors (Lipinski definition) is 16. The second kappa shape index (κ2) is 27.3. The van der Waals surface area contributed by atoms with Crippen LogP contribution in [0, 0.1) is 17.8 Å². The van der Waals surface area contributed by atoms with Crippen molar-refractivity contribution >= 4 is 11.9 Å². The number of fused-ring (bicyclic) bond motifs is 2. The zero-order valence-corrected chi connectivity index (χ0v) is 37.3. The number of ether oxygens (including phenoxy) is 4. The van der Waals surface area contributed by atoms with Gasteiger partial charge in [0.1, 0.15) is 12.0 Å². The molecular formula is C47H73NO16. The zero-order valence-electron chi connectivity index (χ0n) is 37.3. The molecule has 17 heteroatoms. The second-order valence-electron chi connectivity index (χ2n) is 17.5. The molecule has 0 amide bonds. The largest absolute Gasteiger partial charge is 0.481 e. The molecular weight excluding hydrogens is 835 g/mol. The van der Waals surface area contributed by atoms with Crippen LogP contribution in [0.15, 0.2) is 85.1 Å². The summed E-state index contributed by atoms with van der Waals surface area (Å²) in [7, 11) is 0. The second-order valence-corrected chi connectivity index (χ2v) is 17.5. The van der Waals surface area contributed by atoms with Crippen LogP contribution < -0.4 is 5.73 Å². The average molecular weight is 908 g/mol. The molecule has 362 valence electrons. The number of cyclic esters (lactones) is 1. The predicted molar refractivity (Wildman–Crippen MR) is 236 cm³/mol. The topological polar surface area (TPSA) is 299 Å². The Morgan fingerprint density at radius 1 is 0.672 bits per heavy atom. The molecule has 0 spiro atoms. The van der Waals surface area contributed by atoms with Gasteiger partial charge in [-0.3, -0.25) is 9.59 Å². The quantitative estimate of drug-likeness (QED) is 0.180. The molecule has 3 heterocycles. The molecule has 0 saturated carbocycles. The van der Waals surface area contributed by atoms with E-state index in [2.05, 4.69) is 0 Å². The Balaban J connectivity index is 1.84. The fraction of sp³-hybridized carbons (Fsp3) is 0.660. The molecule has 0 radical (unpaired) electrons. The van der Waals surface area contributed by atoms with Crippen LogP contribution in [0.4, 0.5) is 0 Å². The van der Waals surface area contributed by atoms with E-state index in [9.17, 15) is 60.7 Å². The van der Waals surface area contributed by atoms with Crippen molar-refractivity contribution in [3.05, 3.63) is 85.1 Å². The number of esters is 1. The maximum Gasteiger partial charge on any atom is 0.311 e. The van der Waals surface area contributed by atoms with Crippen LogP contribution in [-0.4, -0.2) is 154 Å². The highest BCUT2D eigenvalue weighted by atomic mass is 16.7. The van der Waals surface area contributed by atoms with Gasteiger partial charge in [0.05, 0.1) is 73.6 Å². The Bertz CT molecular complexity index is 1620. The van der Waals surface area contributed by atoms with E-state index in [4.69, 9.17) is 24.7 Å². The molecule has 2 fully saturated rings. The lowest BCUT2D eigenvalue weighted by Crippen LogP contribution is -2.56. The van der Waals surface area contributed by atoms with Crippen LogP contribution in [0.3, 0.4) is 0 Å². The first-order valence-corrected chi connectivity index (χ1v) is 22.2. The first kappa shape index (κ1) is 54.9. The molecule has 0 aromatic carbocycles. The van der Waals surface area contributed by atoms with Gasteiger partial charge in [0.2, 0.25) is 0 Å². The molecule has 3 aliphatic rings. The standard InChI is InChI=1S/C47H73NO16/c1-28-17-15-13-11-9-7-5-6-8-10-12-14-16-18-35(63-42-25-36(48)45(57)31(4)62-42)24-40-43(46(58)59)39(54)27-47(60,64-40)26-34(51)22-38(53)37(52)20-19-32(49)21-33(50)23-41(55)61-30(3)29(2)44(28)56/h5-18,28-40,42-45,49-54,56-57,60H,19-27,48H2,1-4H3,(H,58,59)/b6-5+,9-7+,10-8+,13-11+,14-12+,17-15+,18-16+/t28-,29-,30-,31+,32+,33+,34-,35-,36+,37+,38+,39-,40-,42-,43+,44+,45+,47+/m0/s1. The predicted octanol–water partition coefficient (Wildman–Crippen LogP) is 1.74. The minimum atomic E-state index is -2.27. The van der Waals surface area contributed by atoms with Crippen LogP contribution in [-0.2, 0) is 28.5 Å². The number of carbonyl (C=O) groups excluding carboxylic acids is 1. The van der Waals surface area contributed by atoms with Crippen LogP contribution in [0.2, 0.25) is 0 Å². The molecule has 17 nitrogen and oxygen atoms in total. The van der Waals surface area contributed by atoms with Gasteiger partial charge in [-0.25, -0.2) is 0 Å². The van der Waals surface area contributed by atoms with Crippen molar-refractivity contribution in [3.63, 3.8) is 0 Å². The first-order valence-electron chi connectivity index (χ1n) is 22.2. The van der Waals surface area contributed by atoms with Crippen molar-refractivity contribution in [2.75, 3.05) is 0 Å². The molecule has 12 N–H and O–H groups in total. The number of aliphatic hydroxyl groups excluding tert-OH is 8. The van der Waals surface area contributed by atoms with Gasteiger partial charge in [-0.1, -0.05) is 98.9 Å². The van der Waals surface area contributed by atoms with Gasteiger partial charge < -0.3 is 75.7 Å². The Labute approximate surface area is 376 Å². The SMILES string of the molecule is C[C@@H]1[C@H](O)[C@@H](C)/C=C/C=C/C=C/C=C/C=C/C=C/C=C/[C@H](O[C@H]2C[C@@H](N)[C@H](O)[C@@H](C)O2)C[C@@H]2O[C@](O)(C[C@@H](O)C[C@@H](O)[C@H](O)CC[C@@H](O)C[C@@H](O)CC(=O)O[C@H]1C)C[C@H](O)[C@H]2C(=O)O. The molecule has 0 unspecified atom stereocenters. The van der Waals surface area contributed by atoms with Gasteiger partial charge >= 0.3 is 11.9 Å². The number of carboxylic acids is 1. The third-order valence-corrected chi connectivity index (χ3v) is 11.9. The highest BCUT2D eigenvalue weighted by Gasteiger charge is 2.50. The van der Waals surface area contributed by atoms with E-state index in [-0.39, 0.29) is 38.0 Å². The molecule has 2 bridgehead atoms. The van der Waals surface area contributed by atoms with Crippen LogP contribution in [0.25, 0.3) is 0 Å². The zero-order chi connectivity index (χ0) is 47.6. The smallest absolute Gasteiger partial charge is 0.311 e. The van der Waals surface area contributed by atoms with Crippen molar-refractivity contribution < 1.29 is 79.6 Å². The van der Waals surface area contributed by atoms with E-state index >= 15 is 0 Å². The highest BCUT2D eigenvalue weighted by Crippen LogP contribution is 2.38. The van der Waals surface area contributed by atoms with E-state index < -0.39 is 141 Å². The number of aliphatic carboxylic acids is 1. The van der Waals surface area contributed by atoms with E-state index in [1.807, 2.05) is 49.5 Å². The lowest BCUT2D eigenvalue weighted by atomic mass is 9.82. The van der Waals surface area contributed by atoms with Crippen molar-refractivity contribution in [2.45, 2.75) is 177 Å². The fourth-order valence-electron chi connectivity index (χ4n) is 7.98. The molecule has 3 rings (SSSR count). The number of hydrogen-bond donors (Lipinski definition) is 11. The number of rotatable bonds is 3. The summed E-state index contributed by atoms with van der Waals surface area (Å²) in [5.41, 5.74) is 6.12. The summed E-state index contributed by atoms with van der Waals surface area (Å²) in [6, 6.07) is -0.671. The van der Waals surface area contributed by atoms with E-state index in [0.29, 0.717) is 0 Å². The van der Waals surface area contributed by atoms with Crippen molar-refractivity contribution in [1.29, 1.82) is 0 Å². The summed E-state index contributed by atoms with van der Waals surface area (Å²) < 4.78 is 23.5. The molecule has 3 aliphatic heterocycles. The number of carbonyl (C=O) groups is 2. The Hall–Kier alpha value is -3.40. The third kappa shape index (κ3) is 18.8. The van der Waals surface area contributed by atoms with E-state index in [0.717, 1.165) is 0 Å². The van der Waals surface area contributed by atoms with Gasteiger partial charge in [-0.2, -0.15) is 0 Å². The van der Waals surface area contributed by atoms with Crippen molar-refractivity contribution in [3.8, 4) is 0 Å². The maximum atomic E-state index is 12.6. The Morgan fingerprint density at radius 2 is 1.25 bits per heavy atom. The minimum Gasteiger partial charge on any atom is -0.481 e. The Kier molecular flexibility index (Phi) is 23.4. The van der Waals surface area contributed by atoms with Gasteiger partial charge in [0.15, 0.2) is 12.1 Å². The number of carboxylic acid groups (broad SMARTS) is 1. The number of aliphatic hydroxyl groups is 9. The fourth-order valence-corrected chi connectivity index (χ4v) is 7.98. The minimum absolute atomic E-state index is 0.0903. The molecule has 2 saturated heterocycles. The molecule has 0 aromatic rings. The molecule has 0 aromatic heterocycles. The van der Waals surface area contributed by atoms with Crippen LogP contribution in [0.5, 0.6) is 0 Å². The van der Waals surface area contributed by atoms with E-state index in [1.165, 1.54) is 0 Å². The van der Waals surface area contributed by atoms with Gasteiger partial charge in [0, 0.05) is 50.0 Å². The van der Waals surface area contributed by atoms with Gasteiger partial charge in [0.25, 0.3) is 0 Å². The monoisotopic (exact) mass is 907 g/mol. The van der Waals surface area contributed by atoms with Crippen LogP contribution in [0.1, 0.15) is 85.5 Å². The number of allylic oxidation sites excluding steroid dienone is 12.